The minimum absolute atomic E-state index is 0.000288. The Kier molecular flexibility index (Phi) is 4.37. The van der Waals surface area contributed by atoms with Gasteiger partial charge in [-0.15, -0.1) is 0 Å². The Morgan fingerprint density at radius 1 is 1.32 bits per heavy atom. The molecule has 1 aliphatic heterocycles. The first-order chi connectivity index (χ1) is 14.3. The summed E-state index contributed by atoms with van der Waals surface area (Å²) in [4.78, 5) is 43.1. The molecule has 0 bridgehead atoms. The molecule has 4 fully saturated rings. The average Bonchev–Trinajstić information content (AvgIpc) is 3.36. The van der Waals surface area contributed by atoms with Crippen molar-refractivity contribution in [3.8, 4) is 0 Å². The molecule has 0 aromatic carbocycles. The average molecular weight is 452 g/mol. The third-order valence-electron chi connectivity index (χ3n) is 9.30. The quantitative estimate of drug-likeness (QED) is 0.436. The van der Waals surface area contributed by atoms with Crippen molar-refractivity contribution < 1.29 is 38.3 Å². The number of fused-ring (bicyclic) bond motifs is 3. The van der Waals surface area contributed by atoms with Gasteiger partial charge >= 0.3 is 7.82 Å². The number of ether oxygens (including phenoxy) is 1. The van der Waals surface area contributed by atoms with Crippen molar-refractivity contribution in [2.75, 3.05) is 6.61 Å². The molecule has 4 aliphatic carbocycles. The number of Topliss-reactive ketones (excluding diaryl/α,β-unsaturated/α-hetero) is 1. The van der Waals surface area contributed by atoms with Gasteiger partial charge < -0.3 is 19.6 Å². The van der Waals surface area contributed by atoms with Crippen LogP contribution in [0.5, 0.6) is 0 Å². The van der Waals surface area contributed by atoms with Gasteiger partial charge in [0.2, 0.25) is 0 Å². The van der Waals surface area contributed by atoms with Crippen LogP contribution >= 0.6 is 7.82 Å². The maximum atomic E-state index is 13.1. The fraction of sp³-hybridized carbons (Fsp3) is 0.727. The SMILES string of the molecule is C[C@H]1C[C@H]2[C@@H]3CCC4=CC(=O)C=C[C@]4(C)[C@@]34O[C@H]4C[C@]2(C)[C@@]1(O)C(=O)COP(=O)(O)O. The van der Waals surface area contributed by atoms with Crippen LogP contribution in [0.2, 0.25) is 0 Å². The third-order valence-corrected chi connectivity index (χ3v) is 9.77. The number of allylic oxidation sites excluding steroid dienone is 2. The zero-order valence-corrected chi connectivity index (χ0v) is 18.8. The number of ketones is 2. The van der Waals surface area contributed by atoms with Crippen LogP contribution in [0, 0.1) is 28.6 Å². The zero-order chi connectivity index (χ0) is 22.6. The van der Waals surface area contributed by atoms with Crippen LogP contribution in [-0.2, 0) is 23.4 Å². The standard InChI is InChI=1S/C22H29O8P/c1-12-8-16-15-5-4-13-9-14(23)6-7-19(13,2)22(15)18(30-22)10-20(16,3)21(12,25)17(24)11-29-31(26,27)28/h6-7,9,12,15-16,18,25H,4-5,8,10-11H2,1-3H3,(H2,26,27,28)/t12-,15-,16-,18-,19-,20-,21-,22+/m0/s1. The number of rotatable bonds is 4. The van der Waals surface area contributed by atoms with Gasteiger partial charge in [0.15, 0.2) is 11.6 Å². The van der Waals surface area contributed by atoms with Gasteiger partial charge in [-0.3, -0.25) is 14.1 Å². The van der Waals surface area contributed by atoms with Gasteiger partial charge in [-0.05, 0) is 62.5 Å². The fourth-order valence-corrected chi connectivity index (χ4v) is 8.12. The number of carbonyl (C=O) groups excluding carboxylic acids is 2. The number of epoxide rings is 1. The molecule has 31 heavy (non-hydrogen) atoms. The molecule has 0 amide bonds. The predicted octanol–water partition coefficient (Wildman–Crippen LogP) is 2.08. The topological polar surface area (TPSA) is 134 Å². The monoisotopic (exact) mass is 452 g/mol. The lowest BCUT2D eigenvalue weighted by molar-refractivity contribution is -0.165. The Labute approximate surface area is 180 Å². The molecule has 0 unspecified atom stereocenters. The molecule has 0 radical (unpaired) electrons. The second-order valence-electron chi connectivity index (χ2n) is 10.5. The lowest BCUT2D eigenvalue weighted by Crippen LogP contribution is -2.62. The highest BCUT2D eigenvalue weighted by molar-refractivity contribution is 7.46. The normalized spacial score (nSPS) is 50.1. The van der Waals surface area contributed by atoms with E-state index in [4.69, 9.17) is 14.5 Å². The molecule has 1 saturated heterocycles. The van der Waals surface area contributed by atoms with Gasteiger partial charge in [0, 0.05) is 10.8 Å². The van der Waals surface area contributed by atoms with Crippen molar-refractivity contribution in [3.05, 3.63) is 23.8 Å². The van der Waals surface area contributed by atoms with Crippen LogP contribution in [0.15, 0.2) is 23.8 Å². The fourth-order valence-electron chi connectivity index (χ4n) is 7.83. The highest BCUT2D eigenvalue weighted by atomic mass is 31.2. The number of hydrogen-bond donors (Lipinski definition) is 3. The Morgan fingerprint density at radius 3 is 2.71 bits per heavy atom. The van der Waals surface area contributed by atoms with E-state index in [1.807, 2.05) is 19.9 Å². The van der Waals surface area contributed by atoms with Crippen LogP contribution in [0.3, 0.4) is 0 Å². The van der Waals surface area contributed by atoms with E-state index >= 15 is 0 Å². The second-order valence-corrected chi connectivity index (χ2v) is 11.7. The Balaban J connectivity index is 1.50. The first-order valence-electron chi connectivity index (χ1n) is 10.9. The molecular weight excluding hydrogens is 423 g/mol. The first-order valence-corrected chi connectivity index (χ1v) is 12.4. The van der Waals surface area contributed by atoms with Crippen LogP contribution in [-0.4, -0.2) is 50.4 Å². The van der Waals surface area contributed by atoms with E-state index in [0.29, 0.717) is 12.8 Å². The molecule has 8 atom stereocenters. The zero-order valence-electron chi connectivity index (χ0n) is 17.9. The molecular formula is C22H29O8P. The lowest BCUT2D eigenvalue weighted by Gasteiger charge is -2.55. The van der Waals surface area contributed by atoms with E-state index in [2.05, 4.69) is 11.4 Å². The summed E-state index contributed by atoms with van der Waals surface area (Å²) in [5, 5.41) is 11.7. The molecule has 3 N–H and O–H groups in total. The minimum atomic E-state index is -4.82. The van der Waals surface area contributed by atoms with Gasteiger partial charge in [-0.2, -0.15) is 0 Å². The number of aliphatic hydroxyl groups is 1. The highest BCUT2D eigenvalue weighted by Crippen LogP contribution is 2.76. The van der Waals surface area contributed by atoms with E-state index in [-0.39, 0.29) is 35.1 Å². The molecule has 3 saturated carbocycles. The summed E-state index contributed by atoms with van der Waals surface area (Å²) in [6.45, 7) is 5.04. The third kappa shape index (κ3) is 2.58. The number of hydrogen-bond acceptors (Lipinski definition) is 6. The molecule has 170 valence electrons. The molecule has 5 rings (SSSR count). The molecule has 9 heteroatoms. The van der Waals surface area contributed by atoms with Crippen molar-refractivity contribution in [1.82, 2.24) is 0 Å². The Bertz CT molecular complexity index is 982. The molecule has 5 aliphatic rings. The van der Waals surface area contributed by atoms with Gasteiger partial charge in [0.25, 0.3) is 0 Å². The van der Waals surface area contributed by atoms with Gasteiger partial charge in [-0.1, -0.05) is 25.5 Å². The van der Waals surface area contributed by atoms with Crippen LogP contribution < -0.4 is 0 Å². The van der Waals surface area contributed by atoms with Crippen molar-refractivity contribution >= 4 is 19.4 Å². The van der Waals surface area contributed by atoms with Crippen molar-refractivity contribution in [1.29, 1.82) is 0 Å². The summed E-state index contributed by atoms with van der Waals surface area (Å²) in [5.74, 6) is -0.942. The van der Waals surface area contributed by atoms with Crippen LogP contribution in [0.1, 0.15) is 46.5 Å². The summed E-state index contributed by atoms with van der Waals surface area (Å²) < 4.78 is 22.0. The van der Waals surface area contributed by atoms with E-state index < -0.39 is 36.8 Å². The van der Waals surface area contributed by atoms with Crippen molar-refractivity contribution in [3.63, 3.8) is 0 Å². The lowest BCUT2D eigenvalue weighted by atomic mass is 9.46. The highest BCUT2D eigenvalue weighted by Gasteiger charge is 2.81. The van der Waals surface area contributed by atoms with E-state index in [9.17, 15) is 19.3 Å². The van der Waals surface area contributed by atoms with Crippen molar-refractivity contribution in [2.24, 2.45) is 28.6 Å². The van der Waals surface area contributed by atoms with E-state index in [1.54, 1.807) is 12.2 Å². The molecule has 1 spiro atoms. The predicted molar refractivity (Wildman–Crippen MR) is 109 cm³/mol. The summed E-state index contributed by atoms with van der Waals surface area (Å²) >= 11 is 0. The maximum Gasteiger partial charge on any atom is 0.470 e. The largest absolute Gasteiger partial charge is 0.470 e. The van der Waals surface area contributed by atoms with Gasteiger partial charge in [-0.25, -0.2) is 4.57 Å². The minimum Gasteiger partial charge on any atom is -0.381 e. The first kappa shape index (κ1) is 21.7. The maximum absolute atomic E-state index is 13.1. The van der Waals surface area contributed by atoms with Crippen molar-refractivity contribution in [2.45, 2.75) is 63.8 Å². The molecule has 1 heterocycles. The summed E-state index contributed by atoms with van der Waals surface area (Å²) in [6, 6.07) is 0. The number of phosphoric acid groups is 1. The Morgan fingerprint density at radius 2 is 2.03 bits per heavy atom. The molecule has 0 aromatic heterocycles. The van der Waals surface area contributed by atoms with Gasteiger partial charge in [0.1, 0.15) is 17.8 Å². The smallest absolute Gasteiger partial charge is 0.381 e. The summed E-state index contributed by atoms with van der Waals surface area (Å²) in [6.07, 6.45) is 7.84. The van der Waals surface area contributed by atoms with E-state index in [1.165, 1.54) is 0 Å². The number of carbonyl (C=O) groups is 2. The number of phosphoric ester groups is 1. The van der Waals surface area contributed by atoms with Crippen LogP contribution in [0.25, 0.3) is 0 Å². The van der Waals surface area contributed by atoms with E-state index in [0.717, 1.165) is 18.4 Å². The van der Waals surface area contributed by atoms with Crippen LogP contribution in [0.4, 0.5) is 0 Å². The summed E-state index contributed by atoms with van der Waals surface area (Å²) in [5.41, 5.74) is -2.26. The molecule has 0 aromatic rings. The summed E-state index contributed by atoms with van der Waals surface area (Å²) in [7, 11) is -4.82. The Hall–Kier alpha value is -1.15. The molecule has 8 nitrogen and oxygen atoms in total. The van der Waals surface area contributed by atoms with Gasteiger partial charge in [0.05, 0.1) is 6.10 Å². The second kappa shape index (κ2) is 6.25.